The van der Waals surface area contributed by atoms with Crippen molar-refractivity contribution in [2.24, 2.45) is 5.92 Å². The van der Waals surface area contributed by atoms with Gasteiger partial charge >= 0.3 is 0 Å². The molecule has 0 bridgehead atoms. The van der Waals surface area contributed by atoms with Crippen LogP contribution < -0.4 is 0 Å². The van der Waals surface area contributed by atoms with Crippen LogP contribution in [0.4, 0.5) is 0 Å². The first-order valence-electron chi connectivity index (χ1n) is 5.64. The maximum atomic E-state index is 9.06. The molecule has 1 aliphatic heterocycles. The van der Waals surface area contributed by atoms with E-state index >= 15 is 0 Å². The highest BCUT2D eigenvalue weighted by Crippen LogP contribution is 2.18. The van der Waals surface area contributed by atoms with Gasteiger partial charge in [0.05, 0.1) is 11.6 Å². The smallest absolute Gasteiger partial charge is 0.0991 e. The summed E-state index contributed by atoms with van der Waals surface area (Å²) in [7, 11) is 0. The number of nitriles is 1. The van der Waals surface area contributed by atoms with Gasteiger partial charge in [0.1, 0.15) is 0 Å². The van der Waals surface area contributed by atoms with E-state index in [0.29, 0.717) is 18.1 Å². The largest absolute Gasteiger partial charge is 0.396 e. The molecule has 0 saturated carbocycles. The molecule has 0 radical (unpaired) electrons. The second-order valence-electron chi connectivity index (χ2n) is 4.38. The summed E-state index contributed by atoms with van der Waals surface area (Å²) in [5, 5.41) is 17.7. The van der Waals surface area contributed by atoms with E-state index in [4.69, 9.17) is 10.4 Å². The predicted octanol–water partition coefficient (Wildman–Crippen LogP) is 1.37. The Bertz CT molecular complexity index is 380. The zero-order chi connectivity index (χ0) is 11.4. The van der Waals surface area contributed by atoms with E-state index in [9.17, 15) is 0 Å². The summed E-state index contributed by atoms with van der Waals surface area (Å²) in [6, 6.07) is 9.84. The fraction of sp³-hybridized carbons (Fsp3) is 0.462. The average Bonchev–Trinajstić information content (AvgIpc) is 2.78. The lowest BCUT2D eigenvalue weighted by Gasteiger charge is -2.15. The summed E-state index contributed by atoms with van der Waals surface area (Å²) < 4.78 is 0. The number of benzene rings is 1. The average molecular weight is 216 g/mol. The number of rotatable bonds is 3. The molecule has 3 nitrogen and oxygen atoms in total. The Morgan fingerprint density at radius 3 is 2.69 bits per heavy atom. The van der Waals surface area contributed by atoms with E-state index in [2.05, 4.69) is 11.0 Å². The molecule has 0 aliphatic carbocycles. The SMILES string of the molecule is N#Cc1ccc(CN2CC[C@@H](CO)C2)cc1. The maximum Gasteiger partial charge on any atom is 0.0991 e. The number of hydrogen-bond donors (Lipinski definition) is 1. The third-order valence-electron chi connectivity index (χ3n) is 3.12. The van der Waals surface area contributed by atoms with Crippen LogP contribution in [0.25, 0.3) is 0 Å². The summed E-state index contributed by atoms with van der Waals surface area (Å²) in [5.41, 5.74) is 1.94. The van der Waals surface area contributed by atoms with Crippen molar-refractivity contribution in [1.29, 1.82) is 5.26 Å². The molecule has 84 valence electrons. The molecule has 1 saturated heterocycles. The van der Waals surface area contributed by atoms with Crippen molar-refractivity contribution in [2.45, 2.75) is 13.0 Å². The Morgan fingerprint density at radius 1 is 1.38 bits per heavy atom. The molecule has 1 aromatic rings. The van der Waals surface area contributed by atoms with Crippen LogP contribution in [0, 0.1) is 17.2 Å². The molecule has 0 unspecified atom stereocenters. The molecule has 1 aromatic carbocycles. The molecular formula is C13H16N2O. The minimum Gasteiger partial charge on any atom is -0.396 e. The van der Waals surface area contributed by atoms with E-state index in [0.717, 1.165) is 26.1 Å². The molecule has 0 aromatic heterocycles. The Morgan fingerprint density at radius 2 is 2.12 bits per heavy atom. The Hall–Kier alpha value is -1.37. The zero-order valence-electron chi connectivity index (χ0n) is 9.26. The van der Waals surface area contributed by atoms with Crippen molar-refractivity contribution in [2.75, 3.05) is 19.7 Å². The van der Waals surface area contributed by atoms with E-state index in [1.807, 2.05) is 24.3 Å². The quantitative estimate of drug-likeness (QED) is 0.830. The number of likely N-dealkylation sites (tertiary alicyclic amines) is 1. The third-order valence-corrected chi connectivity index (χ3v) is 3.12. The van der Waals surface area contributed by atoms with Gasteiger partial charge in [-0.05, 0) is 36.6 Å². The minimum absolute atomic E-state index is 0.296. The van der Waals surface area contributed by atoms with E-state index in [1.165, 1.54) is 5.56 Å². The Labute approximate surface area is 95.9 Å². The summed E-state index contributed by atoms with van der Waals surface area (Å²) >= 11 is 0. The van der Waals surface area contributed by atoms with Crippen LogP contribution in [0.15, 0.2) is 24.3 Å². The first kappa shape index (κ1) is 11.1. The van der Waals surface area contributed by atoms with Crippen LogP contribution in [0.5, 0.6) is 0 Å². The molecule has 1 N–H and O–H groups in total. The van der Waals surface area contributed by atoms with Gasteiger partial charge in [0.2, 0.25) is 0 Å². The lowest BCUT2D eigenvalue weighted by Crippen LogP contribution is -2.20. The van der Waals surface area contributed by atoms with E-state index < -0.39 is 0 Å². The van der Waals surface area contributed by atoms with Crippen molar-refractivity contribution < 1.29 is 5.11 Å². The highest BCUT2D eigenvalue weighted by Gasteiger charge is 2.21. The first-order chi connectivity index (χ1) is 7.81. The topological polar surface area (TPSA) is 47.3 Å². The molecule has 0 spiro atoms. The van der Waals surface area contributed by atoms with Crippen molar-refractivity contribution in [3.63, 3.8) is 0 Å². The number of hydrogen-bond acceptors (Lipinski definition) is 3. The van der Waals surface area contributed by atoms with Crippen LogP contribution in [0.2, 0.25) is 0 Å². The molecule has 16 heavy (non-hydrogen) atoms. The molecule has 1 heterocycles. The Kier molecular flexibility index (Phi) is 3.55. The number of aliphatic hydroxyl groups is 1. The van der Waals surface area contributed by atoms with Gasteiger partial charge in [0, 0.05) is 19.7 Å². The second kappa shape index (κ2) is 5.11. The normalized spacial score (nSPS) is 20.9. The van der Waals surface area contributed by atoms with Gasteiger partial charge in [-0.2, -0.15) is 5.26 Å². The fourth-order valence-electron chi connectivity index (χ4n) is 2.15. The highest BCUT2D eigenvalue weighted by atomic mass is 16.3. The van der Waals surface area contributed by atoms with Gasteiger partial charge in [-0.25, -0.2) is 0 Å². The highest BCUT2D eigenvalue weighted by molar-refractivity contribution is 5.31. The summed E-state index contributed by atoms with van der Waals surface area (Å²) in [6.07, 6.45) is 1.09. The lowest BCUT2D eigenvalue weighted by atomic mass is 10.1. The van der Waals surface area contributed by atoms with Gasteiger partial charge in [-0.1, -0.05) is 12.1 Å². The van der Waals surface area contributed by atoms with E-state index in [-0.39, 0.29) is 0 Å². The van der Waals surface area contributed by atoms with E-state index in [1.54, 1.807) is 0 Å². The lowest BCUT2D eigenvalue weighted by molar-refractivity contribution is 0.220. The molecular weight excluding hydrogens is 200 g/mol. The number of nitrogens with zero attached hydrogens (tertiary/aromatic N) is 2. The zero-order valence-corrected chi connectivity index (χ0v) is 9.26. The summed E-state index contributed by atoms with van der Waals surface area (Å²) in [4.78, 5) is 2.35. The van der Waals surface area contributed by atoms with Crippen molar-refractivity contribution >= 4 is 0 Å². The van der Waals surface area contributed by atoms with Crippen LogP contribution in [-0.2, 0) is 6.54 Å². The van der Waals surface area contributed by atoms with Gasteiger partial charge in [0.25, 0.3) is 0 Å². The molecule has 1 aliphatic rings. The number of aliphatic hydroxyl groups excluding tert-OH is 1. The molecule has 1 fully saturated rings. The van der Waals surface area contributed by atoms with Gasteiger partial charge in [-0.15, -0.1) is 0 Å². The van der Waals surface area contributed by atoms with Crippen molar-refractivity contribution in [3.8, 4) is 6.07 Å². The van der Waals surface area contributed by atoms with Crippen molar-refractivity contribution in [1.82, 2.24) is 4.90 Å². The maximum absolute atomic E-state index is 9.06. The monoisotopic (exact) mass is 216 g/mol. The predicted molar refractivity (Wildman–Crippen MR) is 61.6 cm³/mol. The molecule has 2 rings (SSSR count). The summed E-state index contributed by atoms with van der Waals surface area (Å²) in [6.45, 7) is 3.26. The second-order valence-corrected chi connectivity index (χ2v) is 4.38. The summed E-state index contributed by atoms with van der Waals surface area (Å²) in [5.74, 6) is 0.443. The van der Waals surface area contributed by atoms with Crippen LogP contribution in [0.1, 0.15) is 17.5 Å². The first-order valence-corrected chi connectivity index (χ1v) is 5.64. The van der Waals surface area contributed by atoms with Crippen LogP contribution in [-0.4, -0.2) is 29.7 Å². The van der Waals surface area contributed by atoms with Crippen LogP contribution in [0.3, 0.4) is 0 Å². The molecule has 1 atom stereocenters. The van der Waals surface area contributed by atoms with Gasteiger partial charge in [-0.3, -0.25) is 4.90 Å². The van der Waals surface area contributed by atoms with Gasteiger partial charge < -0.3 is 5.11 Å². The van der Waals surface area contributed by atoms with Crippen LogP contribution >= 0.6 is 0 Å². The third kappa shape index (κ3) is 2.60. The molecule has 3 heteroatoms. The van der Waals surface area contributed by atoms with Gasteiger partial charge in [0.15, 0.2) is 0 Å². The fourth-order valence-corrected chi connectivity index (χ4v) is 2.15. The van der Waals surface area contributed by atoms with Crippen molar-refractivity contribution in [3.05, 3.63) is 35.4 Å². The molecule has 0 amide bonds. The standard InChI is InChI=1S/C13H16N2O/c14-7-11-1-3-12(4-2-11)8-15-6-5-13(9-15)10-16/h1-4,13,16H,5-6,8-10H2/t13-/m1/s1. The minimum atomic E-state index is 0.296. The Balaban J connectivity index is 1.92.